The van der Waals surface area contributed by atoms with Gasteiger partial charge in [-0.1, -0.05) is 51.3 Å². The summed E-state index contributed by atoms with van der Waals surface area (Å²) >= 11 is 1.74. The number of benzene rings is 1. The number of Topliss-reactive ketones (excluding diaryl/α,β-unsaturated/α-hetero) is 1. The van der Waals surface area contributed by atoms with E-state index in [1.54, 1.807) is 11.8 Å². The summed E-state index contributed by atoms with van der Waals surface area (Å²) in [5, 5.41) is 0.217. The highest BCUT2D eigenvalue weighted by atomic mass is 32.2. The van der Waals surface area contributed by atoms with Crippen molar-refractivity contribution in [1.82, 2.24) is 0 Å². The second-order valence-electron chi connectivity index (χ2n) is 4.90. The van der Waals surface area contributed by atoms with Crippen molar-refractivity contribution in [1.29, 1.82) is 0 Å². The lowest BCUT2D eigenvalue weighted by molar-refractivity contribution is -0.119. The molecule has 0 saturated carbocycles. The third-order valence-electron chi connectivity index (χ3n) is 3.31. The summed E-state index contributed by atoms with van der Waals surface area (Å²) in [6.45, 7) is 4.09. The maximum atomic E-state index is 11.9. The van der Waals surface area contributed by atoms with Gasteiger partial charge in [0, 0.05) is 16.1 Å². The predicted octanol–water partition coefficient (Wildman–Crippen LogP) is 4.23. The van der Waals surface area contributed by atoms with E-state index in [0.29, 0.717) is 0 Å². The summed E-state index contributed by atoms with van der Waals surface area (Å²) in [6, 6.07) is 10.1. The largest absolute Gasteiger partial charge is 0.361 e. The molecule has 1 aromatic carbocycles. The third-order valence-corrected chi connectivity index (χ3v) is 4.81. The van der Waals surface area contributed by atoms with Crippen LogP contribution in [0.3, 0.4) is 0 Å². The minimum absolute atomic E-state index is 0.113. The van der Waals surface area contributed by atoms with Gasteiger partial charge in [0.25, 0.3) is 0 Å². The van der Waals surface area contributed by atoms with Crippen molar-refractivity contribution >= 4 is 23.8 Å². The first-order valence-electron chi connectivity index (χ1n) is 7.12. The highest BCUT2D eigenvalue weighted by Crippen LogP contribution is 2.32. The van der Waals surface area contributed by atoms with Gasteiger partial charge in [0.2, 0.25) is 5.78 Å². The molecule has 0 fully saturated rings. The molecule has 2 atom stereocenters. The third kappa shape index (κ3) is 5.72. The number of hydrogen-bond donors (Lipinski definition) is 0. The zero-order valence-corrected chi connectivity index (χ0v) is 13.0. The van der Waals surface area contributed by atoms with Crippen LogP contribution in [-0.2, 0) is 4.79 Å². The molecule has 1 aromatic rings. The Morgan fingerprint density at radius 3 is 2.65 bits per heavy atom. The lowest BCUT2D eigenvalue weighted by atomic mass is 9.98. The smallest absolute Gasteiger partial charge is 0.323 e. The van der Waals surface area contributed by atoms with Gasteiger partial charge in [0.1, 0.15) is 0 Å². The summed E-state index contributed by atoms with van der Waals surface area (Å²) in [7, 11) is 0. The molecule has 3 nitrogen and oxygen atoms in total. The van der Waals surface area contributed by atoms with Gasteiger partial charge in [0.15, 0.2) is 0 Å². The Hall–Kier alpha value is -1.38. The Labute approximate surface area is 125 Å². The molecule has 108 valence electrons. The standard InChI is InChI=1S/C16H22N2OS/c1-3-4-6-11-16(13(2)15(19)12-18-17)20-14-9-7-5-8-10-14/h5,7-10,12-13,16H,3-4,6,11H2,1-2H3/t13-,16-/m0/s1. The molecular formula is C16H22N2OS. The number of thioether (sulfide) groups is 1. The Kier molecular flexibility index (Phi) is 7.93. The predicted molar refractivity (Wildman–Crippen MR) is 84.1 cm³/mol. The van der Waals surface area contributed by atoms with Crippen LogP contribution < -0.4 is 0 Å². The molecule has 0 aliphatic rings. The fourth-order valence-electron chi connectivity index (χ4n) is 2.04. The molecule has 4 heteroatoms. The minimum atomic E-state index is -0.145. The number of carbonyl (C=O) groups is 1. The topological polar surface area (TPSA) is 53.5 Å². The minimum Gasteiger partial charge on any atom is -0.361 e. The molecule has 1 rings (SSSR count). The monoisotopic (exact) mass is 290 g/mol. The first-order chi connectivity index (χ1) is 9.69. The van der Waals surface area contributed by atoms with E-state index in [9.17, 15) is 4.79 Å². The van der Waals surface area contributed by atoms with E-state index in [1.165, 1.54) is 17.7 Å². The highest BCUT2D eigenvalue weighted by Gasteiger charge is 2.25. The number of rotatable bonds is 9. The maximum absolute atomic E-state index is 11.9. The number of hydrogen-bond acceptors (Lipinski definition) is 2. The van der Waals surface area contributed by atoms with Gasteiger partial charge in [-0.3, -0.25) is 4.79 Å². The van der Waals surface area contributed by atoms with E-state index in [1.807, 2.05) is 25.1 Å². The van der Waals surface area contributed by atoms with Gasteiger partial charge in [-0.25, -0.2) is 0 Å². The van der Waals surface area contributed by atoms with Gasteiger partial charge < -0.3 is 5.53 Å². The highest BCUT2D eigenvalue weighted by molar-refractivity contribution is 8.00. The maximum Gasteiger partial charge on any atom is 0.323 e. The first-order valence-corrected chi connectivity index (χ1v) is 8.00. The van der Waals surface area contributed by atoms with Crippen LogP contribution in [-0.4, -0.2) is 22.0 Å². The van der Waals surface area contributed by atoms with Gasteiger partial charge >= 0.3 is 6.21 Å². The molecule has 20 heavy (non-hydrogen) atoms. The van der Waals surface area contributed by atoms with E-state index in [0.717, 1.165) is 19.1 Å². The molecule has 0 spiro atoms. The summed E-state index contributed by atoms with van der Waals surface area (Å²) in [5.41, 5.74) is 8.51. The van der Waals surface area contributed by atoms with Crippen LogP contribution in [0.1, 0.15) is 39.5 Å². The van der Waals surface area contributed by atoms with Crippen molar-refractivity contribution in [2.75, 3.05) is 0 Å². The van der Waals surface area contributed by atoms with Crippen molar-refractivity contribution < 1.29 is 9.58 Å². The fraction of sp³-hybridized carbons (Fsp3) is 0.500. The Morgan fingerprint density at radius 1 is 1.35 bits per heavy atom. The van der Waals surface area contributed by atoms with E-state index < -0.39 is 0 Å². The average molecular weight is 290 g/mol. The Balaban J connectivity index is 2.73. The molecular weight excluding hydrogens is 268 g/mol. The van der Waals surface area contributed by atoms with Crippen LogP contribution in [0, 0.1) is 5.92 Å². The van der Waals surface area contributed by atoms with Crippen LogP contribution in [0.15, 0.2) is 35.2 Å². The van der Waals surface area contributed by atoms with Gasteiger partial charge in [0.05, 0.1) is 0 Å². The summed E-state index contributed by atoms with van der Waals surface area (Å²) in [5.74, 6) is -0.259. The van der Waals surface area contributed by atoms with Gasteiger partial charge in [-0.15, -0.1) is 11.8 Å². The molecule has 0 bridgehead atoms. The fourth-order valence-corrected chi connectivity index (χ4v) is 3.32. The second-order valence-corrected chi connectivity index (χ2v) is 6.21. The SMILES string of the molecule is CCCCC[C@H](Sc1ccccc1)[C@@H](C)C(=O)C=[N+]=[N-]. The number of carbonyl (C=O) groups excluding carboxylic acids is 1. The van der Waals surface area contributed by atoms with Crippen LogP contribution in [0.25, 0.3) is 5.53 Å². The van der Waals surface area contributed by atoms with E-state index in [-0.39, 0.29) is 17.0 Å². The zero-order chi connectivity index (χ0) is 14.8. The van der Waals surface area contributed by atoms with E-state index in [4.69, 9.17) is 5.53 Å². The molecule has 0 heterocycles. The molecule has 0 unspecified atom stereocenters. The molecule has 0 saturated heterocycles. The van der Waals surface area contributed by atoms with Crippen LogP contribution in [0.4, 0.5) is 0 Å². The van der Waals surface area contributed by atoms with Crippen molar-refractivity contribution in [3.63, 3.8) is 0 Å². The van der Waals surface area contributed by atoms with Gasteiger partial charge in [-0.05, 0) is 18.6 Å². The van der Waals surface area contributed by atoms with E-state index in [2.05, 4.69) is 23.8 Å². The first kappa shape index (κ1) is 16.7. The molecule has 0 aromatic heterocycles. The van der Waals surface area contributed by atoms with Crippen molar-refractivity contribution in [2.45, 2.75) is 49.7 Å². The van der Waals surface area contributed by atoms with Crippen molar-refractivity contribution in [2.24, 2.45) is 5.92 Å². The summed E-state index contributed by atoms with van der Waals surface area (Å²) in [6.07, 6.45) is 5.49. The average Bonchev–Trinajstić information content (AvgIpc) is 2.47. The zero-order valence-electron chi connectivity index (χ0n) is 12.2. The van der Waals surface area contributed by atoms with Crippen molar-refractivity contribution in [3.05, 3.63) is 35.9 Å². The Bertz CT molecular complexity index is 455. The molecule has 0 aliphatic carbocycles. The molecule has 0 amide bonds. The van der Waals surface area contributed by atoms with E-state index >= 15 is 0 Å². The normalized spacial score (nSPS) is 13.3. The van der Waals surface area contributed by atoms with Crippen LogP contribution >= 0.6 is 11.8 Å². The Morgan fingerprint density at radius 2 is 2.05 bits per heavy atom. The molecule has 0 N–H and O–H groups in total. The quantitative estimate of drug-likeness (QED) is 0.225. The lowest BCUT2D eigenvalue weighted by Crippen LogP contribution is -2.24. The lowest BCUT2D eigenvalue weighted by Gasteiger charge is -2.20. The number of nitrogens with zero attached hydrogens (tertiary/aromatic N) is 2. The summed E-state index contributed by atoms with van der Waals surface area (Å²) < 4.78 is 0. The second kappa shape index (κ2) is 9.51. The van der Waals surface area contributed by atoms with Crippen LogP contribution in [0.2, 0.25) is 0 Å². The van der Waals surface area contributed by atoms with Crippen LogP contribution in [0.5, 0.6) is 0 Å². The van der Waals surface area contributed by atoms with Crippen molar-refractivity contribution in [3.8, 4) is 0 Å². The molecule has 0 aliphatic heterocycles. The molecule has 0 radical (unpaired) electrons. The van der Waals surface area contributed by atoms with Gasteiger partial charge in [-0.2, -0.15) is 4.79 Å². The number of ketones is 1. The number of unbranched alkanes of at least 4 members (excludes halogenated alkanes) is 2. The summed E-state index contributed by atoms with van der Waals surface area (Å²) in [4.78, 5) is 15.9.